The molecular weight excluding hydrogens is 318 g/mol. The average molecular weight is 334 g/mol. The number of morpholine rings is 1. The molecule has 116 valence electrons. The first kappa shape index (κ1) is 16.2. The summed E-state index contributed by atoms with van der Waals surface area (Å²) in [6, 6.07) is 4.03. The van der Waals surface area contributed by atoms with E-state index < -0.39 is 16.0 Å². The van der Waals surface area contributed by atoms with Crippen molar-refractivity contribution in [3.63, 3.8) is 0 Å². The van der Waals surface area contributed by atoms with Crippen LogP contribution >= 0.6 is 11.6 Å². The Balaban J connectivity index is 2.35. The quantitative estimate of drug-likeness (QED) is 0.781. The van der Waals surface area contributed by atoms with Gasteiger partial charge >= 0.3 is 5.97 Å². The second kappa shape index (κ2) is 6.74. The van der Waals surface area contributed by atoms with E-state index in [9.17, 15) is 13.2 Å². The van der Waals surface area contributed by atoms with Crippen LogP contribution in [0.4, 0.5) is 0 Å². The molecule has 0 radical (unpaired) electrons. The van der Waals surface area contributed by atoms with E-state index in [4.69, 9.17) is 21.1 Å². The third kappa shape index (κ3) is 3.55. The molecule has 2 rings (SSSR count). The monoisotopic (exact) mass is 333 g/mol. The van der Waals surface area contributed by atoms with Gasteiger partial charge in [0, 0.05) is 13.1 Å². The summed E-state index contributed by atoms with van der Waals surface area (Å²) in [4.78, 5) is 11.8. The molecule has 0 aliphatic carbocycles. The highest BCUT2D eigenvalue weighted by Crippen LogP contribution is 2.24. The number of carbonyl (C=O) groups is 1. The van der Waals surface area contributed by atoms with Gasteiger partial charge in [-0.15, -0.1) is 0 Å². The van der Waals surface area contributed by atoms with Crippen molar-refractivity contribution in [1.82, 2.24) is 4.31 Å². The SMILES string of the molecule is CCOC(=O)c1cc(S(=O)(=O)N2CCOCC2)ccc1Cl. The fraction of sp³-hybridized carbons (Fsp3) is 0.462. The zero-order chi connectivity index (χ0) is 15.5. The van der Waals surface area contributed by atoms with E-state index >= 15 is 0 Å². The van der Waals surface area contributed by atoms with Gasteiger partial charge < -0.3 is 9.47 Å². The van der Waals surface area contributed by atoms with Crippen LogP contribution in [0, 0.1) is 0 Å². The van der Waals surface area contributed by atoms with Crippen molar-refractivity contribution in [3.05, 3.63) is 28.8 Å². The third-order valence-corrected chi connectivity index (χ3v) is 5.27. The zero-order valence-electron chi connectivity index (χ0n) is 11.5. The summed E-state index contributed by atoms with van der Waals surface area (Å²) in [6.07, 6.45) is 0. The Morgan fingerprint density at radius 3 is 2.67 bits per heavy atom. The molecular formula is C13H16ClNO5S. The lowest BCUT2D eigenvalue weighted by Gasteiger charge is -2.26. The Labute approximate surface area is 128 Å². The minimum atomic E-state index is -3.66. The molecule has 1 aliphatic heterocycles. The van der Waals surface area contributed by atoms with Gasteiger partial charge in [-0.1, -0.05) is 11.6 Å². The predicted molar refractivity (Wildman–Crippen MR) is 77.0 cm³/mol. The predicted octanol–water partition coefficient (Wildman–Crippen LogP) is 1.54. The number of benzene rings is 1. The Hall–Kier alpha value is -1.15. The Bertz CT molecular complexity index is 625. The van der Waals surface area contributed by atoms with Crippen LogP contribution in [0.2, 0.25) is 5.02 Å². The van der Waals surface area contributed by atoms with Crippen LogP contribution in [0.1, 0.15) is 17.3 Å². The Kier molecular flexibility index (Phi) is 5.21. The van der Waals surface area contributed by atoms with Gasteiger partial charge in [0.05, 0.1) is 35.3 Å². The van der Waals surface area contributed by atoms with Crippen molar-refractivity contribution in [3.8, 4) is 0 Å². The fourth-order valence-corrected chi connectivity index (χ4v) is 3.60. The molecule has 21 heavy (non-hydrogen) atoms. The smallest absolute Gasteiger partial charge is 0.339 e. The van der Waals surface area contributed by atoms with Gasteiger partial charge in [-0.3, -0.25) is 0 Å². The van der Waals surface area contributed by atoms with Crippen LogP contribution in [0.5, 0.6) is 0 Å². The number of sulfonamides is 1. The zero-order valence-corrected chi connectivity index (χ0v) is 13.1. The molecule has 1 aromatic rings. The number of halogens is 1. The van der Waals surface area contributed by atoms with Crippen molar-refractivity contribution in [2.75, 3.05) is 32.9 Å². The largest absolute Gasteiger partial charge is 0.462 e. The maximum absolute atomic E-state index is 12.5. The molecule has 0 saturated carbocycles. The molecule has 1 heterocycles. The first-order valence-corrected chi connectivity index (χ1v) is 8.33. The first-order chi connectivity index (χ1) is 9.96. The van der Waals surface area contributed by atoms with E-state index in [1.807, 2.05) is 0 Å². The van der Waals surface area contributed by atoms with Gasteiger partial charge in [-0.2, -0.15) is 4.31 Å². The average Bonchev–Trinajstić information content (AvgIpc) is 2.48. The van der Waals surface area contributed by atoms with Gasteiger partial charge in [0.15, 0.2) is 0 Å². The Morgan fingerprint density at radius 1 is 1.38 bits per heavy atom. The number of nitrogens with zero attached hydrogens (tertiary/aromatic N) is 1. The molecule has 1 aromatic carbocycles. The summed E-state index contributed by atoms with van der Waals surface area (Å²) in [5, 5.41) is 0.161. The molecule has 8 heteroatoms. The number of hydrogen-bond donors (Lipinski definition) is 0. The van der Waals surface area contributed by atoms with Gasteiger partial charge in [0.1, 0.15) is 0 Å². The highest BCUT2D eigenvalue weighted by Gasteiger charge is 2.27. The van der Waals surface area contributed by atoms with E-state index in [-0.39, 0.29) is 22.1 Å². The van der Waals surface area contributed by atoms with Crippen molar-refractivity contribution < 1.29 is 22.7 Å². The standard InChI is InChI=1S/C13H16ClNO5S/c1-2-20-13(16)11-9-10(3-4-12(11)14)21(17,18)15-5-7-19-8-6-15/h3-4,9H,2,5-8H2,1H3. The summed E-state index contributed by atoms with van der Waals surface area (Å²) < 4.78 is 36.4. The molecule has 0 aromatic heterocycles. The summed E-state index contributed by atoms with van der Waals surface area (Å²) >= 11 is 5.93. The minimum Gasteiger partial charge on any atom is -0.462 e. The summed E-state index contributed by atoms with van der Waals surface area (Å²) in [5.41, 5.74) is 0.0489. The number of hydrogen-bond acceptors (Lipinski definition) is 5. The Morgan fingerprint density at radius 2 is 2.05 bits per heavy atom. The van der Waals surface area contributed by atoms with Crippen molar-refractivity contribution >= 4 is 27.6 Å². The second-order valence-electron chi connectivity index (χ2n) is 4.38. The molecule has 0 bridgehead atoms. The van der Waals surface area contributed by atoms with Gasteiger partial charge in [-0.25, -0.2) is 13.2 Å². The first-order valence-electron chi connectivity index (χ1n) is 6.51. The molecule has 1 fully saturated rings. The van der Waals surface area contributed by atoms with Crippen LogP contribution < -0.4 is 0 Å². The summed E-state index contributed by atoms with van der Waals surface area (Å²) in [5.74, 6) is -0.637. The molecule has 1 saturated heterocycles. The summed E-state index contributed by atoms with van der Waals surface area (Å²) in [7, 11) is -3.66. The van der Waals surface area contributed by atoms with Gasteiger partial charge in [-0.05, 0) is 25.1 Å². The minimum absolute atomic E-state index is 0.0249. The maximum atomic E-state index is 12.5. The number of ether oxygens (including phenoxy) is 2. The van der Waals surface area contributed by atoms with Crippen molar-refractivity contribution in [2.24, 2.45) is 0 Å². The van der Waals surface area contributed by atoms with Crippen LogP contribution in [0.15, 0.2) is 23.1 Å². The lowest BCUT2D eigenvalue weighted by atomic mass is 10.2. The van der Waals surface area contributed by atoms with Crippen LogP contribution in [-0.2, 0) is 19.5 Å². The van der Waals surface area contributed by atoms with Gasteiger partial charge in [0.2, 0.25) is 10.0 Å². The van der Waals surface area contributed by atoms with E-state index in [2.05, 4.69) is 0 Å². The van der Waals surface area contributed by atoms with E-state index in [1.54, 1.807) is 6.92 Å². The number of esters is 1. The van der Waals surface area contributed by atoms with Crippen molar-refractivity contribution in [2.45, 2.75) is 11.8 Å². The molecule has 1 aliphatic rings. The highest BCUT2D eigenvalue weighted by atomic mass is 35.5. The van der Waals surface area contributed by atoms with E-state index in [0.717, 1.165) is 0 Å². The molecule has 0 amide bonds. The highest BCUT2D eigenvalue weighted by molar-refractivity contribution is 7.89. The van der Waals surface area contributed by atoms with Crippen LogP contribution in [0.3, 0.4) is 0 Å². The second-order valence-corrected chi connectivity index (χ2v) is 6.72. The maximum Gasteiger partial charge on any atom is 0.339 e. The number of carbonyl (C=O) groups excluding carboxylic acids is 1. The lowest BCUT2D eigenvalue weighted by molar-refractivity contribution is 0.0526. The normalized spacial score (nSPS) is 16.7. The van der Waals surface area contributed by atoms with Crippen LogP contribution in [-0.4, -0.2) is 51.6 Å². The summed E-state index contributed by atoms with van der Waals surface area (Å²) in [6.45, 7) is 3.16. The topological polar surface area (TPSA) is 72.9 Å². The van der Waals surface area contributed by atoms with Crippen molar-refractivity contribution in [1.29, 1.82) is 0 Å². The van der Waals surface area contributed by atoms with Crippen LogP contribution in [0.25, 0.3) is 0 Å². The lowest BCUT2D eigenvalue weighted by Crippen LogP contribution is -2.40. The number of rotatable bonds is 4. The molecule has 0 spiro atoms. The molecule has 0 atom stereocenters. The molecule has 0 N–H and O–H groups in total. The molecule has 0 unspecified atom stereocenters. The third-order valence-electron chi connectivity index (χ3n) is 3.04. The van der Waals surface area contributed by atoms with E-state index in [1.165, 1.54) is 22.5 Å². The fourth-order valence-electron chi connectivity index (χ4n) is 1.97. The van der Waals surface area contributed by atoms with Gasteiger partial charge in [0.25, 0.3) is 0 Å². The van der Waals surface area contributed by atoms with E-state index in [0.29, 0.717) is 26.3 Å². The molecule has 6 nitrogen and oxygen atoms in total.